The predicted octanol–water partition coefficient (Wildman–Crippen LogP) is 3.53. The number of aromatic nitrogens is 1. The number of hydrogen-bond acceptors (Lipinski definition) is 3. The minimum absolute atomic E-state index is 0.0610. The third kappa shape index (κ3) is 4.43. The van der Waals surface area contributed by atoms with Gasteiger partial charge >= 0.3 is 6.03 Å². The number of carbonyl (C=O) groups is 1. The number of rotatable bonds is 5. The highest BCUT2D eigenvalue weighted by atomic mass is 32.1. The summed E-state index contributed by atoms with van der Waals surface area (Å²) in [4.78, 5) is 20.0. The monoisotopic (exact) mass is 309 g/mol. The van der Waals surface area contributed by atoms with Crippen LogP contribution in [0, 0.1) is 6.92 Å². The second-order valence-electron chi connectivity index (χ2n) is 5.85. The molecule has 0 unspecified atom stereocenters. The van der Waals surface area contributed by atoms with Crippen LogP contribution < -0.4 is 5.32 Å². The Balaban J connectivity index is 1.75. The third-order valence-electron chi connectivity index (χ3n) is 4.33. The van der Waals surface area contributed by atoms with E-state index in [9.17, 15) is 4.79 Å². The van der Waals surface area contributed by atoms with Crippen molar-refractivity contribution in [3.63, 3.8) is 0 Å². The van der Waals surface area contributed by atoms with Crippen molar-refractivity contribution in [1.82, 2.24) is 15.2 Å². The molecular formula is C16H27N3OS. The lowest BCUT2D eigenvalue weighted by molar-refractivity contribution is 0.174. The molecule has 0 radical (unpaired) electrons. The fourth-order valence-corrected chi connectivity index (χ4v) is 3.98. The van der Waals surface area contributed by atoms with E-state index >= 15 is 0 Å². The zero-order valence-corrected chi connectivity index (χ0v) is 14.3. The molecule has 0 aromatic carbocycles. The first-order valence-electron chi connectivity index (χ1n) is 8.07. The van der Waals surface area contributed by atoms with E-state index in [1.165, 1.54) is 29.8 Å². The summed E-state index contributed by atoms with van der Waals surface area (Å²) in [5, 5.41) is 4.16. The first-order chi connectivity index (χ1) is 10.1. The summed E-state index contributed by atoms with van der Waals surface area (Å²) in [6.07, 6.45) is 7.93. The molecular weight excluding hydrogens is 282 g/mol. The van der Waals surface area contributed by atoms with E-state index in [-0.39, 0.29) is 6.03 Å². The summed E-state index contributed by atoms with van der Waals surface area (Å²) in [7, 11) is 1.92. The van der Waals surface area contributed by atoms with Crippen molar-refractivity contribution < 1.29 is 4.79 Å². The Kier molecular flexibility index (Phi) is 6.03. The Morgan fingerprint density at radius 1 is 1.38 bits per heavy atom. The van der Waals surface area contributed by atoms with Crippen molar-refractivity contribution in [3.05, 3.63) is 15.6 Å². The number of amides is 2. The number of urea groups is 1. The van der Waals surface area contributed by atoms with Gasteiger partial charge in [0.15, 0.2) is 0 Å². The van der Waals surface area contributed by atoms with Crippen LogP contribution in [0.5, 0.6) is 0 Å². The number of carbonyl (C=O) groups excluding carboxylic acids is 1. The lowest BCUT2D eigenvalue weighted by Gasteiger charge is -2.31. The Hall–Kier alpha value is -1.10. The Morgan fingerprint density at radius 3 is 2.71 bits per heavy atom. The van der Waals surface area contributed by atoms with E-state index in [4.69, 9.17) is 0 Å². The molecule has 0 bridgehead atoms. The Morgan fingerprint density at radius 2 is 2.10 bits per heavy atom. The molecule has 118 valence electrons. The standard InChI is InChI=1S/C16H27N3OS/c1-4-14-12(2)21-15(18-14)10-11-17-16(20)19(3)13-8-6-5-7-9-13/h13H,4-11H2,1-3H3,(H,17,20). The van der Waals surface area contributed by atoms with Crippen molar-refractivity contribution in [2.24, 2.45) is 0 Å². The molecule has 1 aromatic rings. The maximum Gasteiger partial charge on any atom is 0.317 e. The van der Waals surface area contributed by atoms with Gasteiger partial charge < -0.3 is 10.2 Å². The molecule has 1 N–H and O–H groups in total. The zero-order chi connectivity index (χ0) is 15.2. The van der Waals surface area contributed by atoms with Crippen molar-refractivity contribution in [2.45, 2.75) is 64.8 Å². The third-order valence-corrected chi connectivity index (χ3v) is 5.40. The van der Waals surface area contributed by atoms with E-state index in [0.717, 1.165) is 30.7 Å². The Labute approximate surface area is 132 Å². The minimum Gasteiger partial charge on any atom is -0.338 e. The minimum atomic E-state index is 0.0610. The van der Waals surface area contributed by atoms with Crippen molar-refractivity contribution in [3.8, 4) is 0 Å². The number of hydrogen-bond donors (Lipinski definition) is 1. The predicted molar refractivity (Wildman–Crippen MR) is 88.0 cm³/mol. The van der Waals surface area contributed by atoms with Crippen LogP contribution in [-0.2, 0) is 12.8 Å². The SMILES string of the molecule is CCc1nc(CCNC(=O)N(C)C2CCCCC2)sc1C. The van der Waals surface area contributed by atoms with Crippen LogP contribution in [0.25, 0.3) is 0 Å². The highest BCUT2D eigenvalue weighted by Crippen LogP contribution is 2.21. The van der Waals surface area contributed by atoms with Crippen LogP contribution >= 0.6 is 11.3 Å². The second kappa shape index (κ2) is 7.78. The molecule has 0 saturated heterocycles. The molecule has 1 saturated carbocycles. The lowest BCUT2D eigenvalue weighted by atomic mass is 9.95. The Bertz CT molecular complexity index is 466. The lowest BCUT2D eigenvalue weighted by Crippen LogP contribution is -2.44. The summed E-state index contributed by atoms with van der Waals surface area (Å²) >= 11 is 1.75. The second-order valence-corrected chi connectivity index (χ2v) is 7.14. The fourth-order valence-electron chi connectivity index (χ4n) is 2.96. The maximum absolute atomic E-state index is 12.2. The van der Waals surface area contributed by atoms with Gasteiger partial charge in [0.05, 0.1) is 10.7 Å². The van der Waals surface area contributed by atoms with Crippen LogP contribution in [0.4, 0.5) is 4.79 Å². The van der Waals surface area contributed by atoms with Gasteiger partial charge in [-0.3, -0.25) is 0 Å². The van der Waals surface area contributed by atoms with Crippen molar-refractivity contribution in [1.29, 1.82) is 0 Å². The van der Waals surface area contributed by atoms with E-state index in [2.05, 4.69) is 24.1 Å². The molecule has 0 atom stereocenters. The molecule has 0 spiro atoms. The van der Waals surface area contributed by atoms with Gasteiger partial charge in [-0.25, -0.2) is 9.78 Å². The van der Waals surface area contributed by atoms with Gasteiger partial charge in [-0.1, -0.05) is 26.2 Å². The van der Waals surface area contributed by atoms with Gasteiger partial charge in [-0.15, -0.1) is 11.3 Å². The smallest absolute Gasteiger partial charge is 0.317 e. The first-order valence-corrected chi connectivity index (χ1v) is 8.89. The van der Waals surface area contributed by atoms with E-state index in [1.54, 1.807) is 11.3 Å². The summed E-state index contributed by atoms with van der Waals surface area (Å²) < 4.78 is 0. The molecule has 21 heavy (non-hydrogen) atoms. The molecule has 2 rings (SSSR count). The van der Waals surface area contributed by atoms with Gasteiger partial charge in [-0.05, 0) is 26.2 Å². The number of nitrogens with one attached hydrogen (secondary N) is 1. The topological polar surface area (TPSA) is 45.2 Å². The average Bonchev–Trinajstić information content (AvgIpc) is 2.87. The zero-order valence-electron chi connectivity index (χ0n) is 13.4. The van der Waals surface area contributed by atoms with E-state index in [1.807, 2.05) is 11.9 Å². The van der Waals surface area contributed by atoms with Crippen LogP contribution in [0.15, 0.2) is 0 Å². The molecule has 5 heteroatoms. The molecule has 1 aliphatic rings. The van der Waals surface area contributed by atoms with E-state index in [0.29, 0.717) is 12.6 Å². The molecule has 0 aliphatic heterocycles. The average molecular weight is 309 g/mol. The molecule has 1 aromatic heterocycles. The highest BCUT2D eigenvalue weighted by molar-refractivity contribution is 7.11. The van der Waals surface area contributed by atoms with Gasteiger partial charge in [-0.2, -0.15) is 0 Å². The van der Waals surface area contributed by atoms with Crippen molar-refractivity contribution >= 4 is 17.4 Å². The molecule has 1 fully saturated rings. The summed E-state index contributed by atoms with van der Waals surface area (Å²) in [5.41, 5.74) is 1.20. The summed E-state index contributed by atoms with van der Waals surface area (Å²) in [6, 6.07) is 0.485. The molecule has 2 amide bonds. The quantitative estimate of drug-likeness (QED) is 0.904. The van der Waals surface area contributed by atoms with Crippen LogP contribution in [0.3, 0.4) is 0 Å². The number of thiazole rings is 1. The summed E-state index contributed by atoms with van der Waals surface area (Å²) in [5.74, 6) is 0. The maximum atomic E-state index is 12.2. The molecule has 1 heterocycles. The summed E-state index contributed by atoms with van der Waals surface area (Å²) in [6.45, 7) is 4.92. The highest BCUT2D eigenvalue weighted by Gasteiger charge is 2.21. The van der Waals surface area contributed by atoms with E-state index < -0.39 is 0 Å². The van der Waals surface area contributed by atoms with Crippen LogP contribution in [-0.4, -0.2) is 35.5 Å². The first kappa shape index (κ1) is 16.3. The normalized spacial score (nSPS) is 16.0. The van der Waals surface area contributed by atoms with Gasteiger partial charge in [0.25, 0.3) is 0 Å². The molecule has 4 nitrogen and oxygen atoms in total. The van der Waals surface area contributed by atoms with Crippen molar-refractivity contribution in [2.75, 3.05) is 13.6 Å². The number of nitrogens with zero attached hydrogens (tertiary/aromatic N) is 2. The van der Waals surface area contributed by atoms with Crippen LogP contribution in [0.2, 0.25) is 0 Å². The van der Waals surface area contributed by atoms with Gasteiger partial charge in [0.1, 0.15) is 0 Å². The fraction of sp³-hybridized carbons (Fsp3) is 0.750. The van der Waals surface area contributed by atoms with Crippen LogP contribution in [0.1, 0.15) is 54.6 Å². The largest absolute Gasteiger partial charge is 0.338 e. The number of aryl methyl sites for hydroxylation is 2. The van der Waals surface area contributed by atoms with Gasteiger partial charge in [0.2, 0.25) is 0 Å². The molecule has 1 aliphatic carbocycles. The van der Waals surface area contributed by atoms with Gasteiger partial charge in [0, 0.05) is 30.9 Å².